The molecule has 0 unspecified atom stereocenters. The van der Waals surface area contributed by atoms with Crippen molar-refractivity contribution in [3.63, 3.8) is 0 Å². The Balaban J connectivity index is 1.94. The van der Waals surface area contributed by atoms with Crippen LogP contribution in [0.5, 0.6) is 0 Å². The first kappa shape index (κ1) is 16.2. The number of nitrogens with one attached hydrogen (secondary N) is 1. The van der Waals surface area contributed by atoms with Crippen LogP contribution in [0.4, 0.5) is 4.39 Å². The average Bonchev–Trinajstić information content (AvgIpc) is 2.48. The molecule has 0 radical (unpaired) electrons. The molecule has 2 nitrogen and oxygen atoms in total. The minimum absolute atomic E-state index is 0.0481. The monoisotopic (exact) mass is 299 g/mol. The number of amides is 1. The summed E-state index contributed by atoms with van der Waals surface area (Å²) in [5, 5.41) is 2.99. The summed E-state index contributed by atoms with van der Waals surface area (Å²) in [4.78, 5) is 12.1. The van der Waals surface area contributed by atoms with Gasteiger partial charge in [0.1, 0.15) is 5.82 Å². The topological polar surface area (TPSA) is 29.1 Å². The van der Waals surface area contributed by atoms with Crippen LogP contribution < -0.4 is 5.32 Å². The number of aryl methyl sites for hydroxylation is 3. The quantitative estimate of drug-likeness (QED) is 0.878. The third kappa shape index (κ3) is 4.17. The van der Waals surface area contributed by atoms with E-state index in [1.165, 1.54) is 11.6 Å². The molecular formula is C19H22FNO. The molecule has 1 atom stereocenters. The van der Waals surface area contributed by atoms with E-state index in [4.69, 9.17) is 0 Å². The molecule has 1 amide bonds. The summed E-state index contributed by atoms with van der Waals surface area (Å²) in [5.41, 5.74) is 4.04. The maximum Gasteiger partial charge on any atom is 0.220 e. The largest absolute Gasteiger partial charge is 0.350 e. The fourth-order valence-electron chi connectivity index (χ4n) is 2.57. The summed E-state index contributed by atoms with van der Waals surface area (Å²) in [5.74, 6) is -0.311. The van der Waals surface area contributed by atoms with Crippen LogP contribution in [0.3, 0.4) is 0 Å². The highest BCUT2D eigenvalue weighted by Crippen LogP contribution is 2.19. The van der Waals surface area contributed by atoms with Crippen molar-refractivity contribution in [2.45, 2.75) is 39.7 Å². The van der Waals surface area contributed by atoms with Crippen LogP contribution in [0.15, 0.2) is 42.5 Å². The smallest absolute Gasteiger partial charge is 0.220 e. The van der Waals surface area contributed by atoms with Crippen molar-refractivity contribution in [1.29, 1.82) is 0 Å². The van der Waals surface area contributed by atoms with Crippen molar-refractivity contribution in [3.05, 3.63) is 70.5 Å². The van der Waals surface area contributed by atoms with Gasteiger partial charge in [0.15, 0.2) is 0 Å². The molecule has 2 rings (SSSR count). The Morgan fingerprint density at radius 3 is 2.64 bits per heavy atom. The molecule has 0 aliphatic rings. The van der Waals surface area contributed by atoms with Crippen molar-refractivity contribution in [3.8, 4) is 0 Å². The number of rotatable bonds is 5. The minimum Gasteiger partial charge on any atom is -0.350 e. The van der Waals surface area contributed by atoms with E-state index in [0.29, 0.717) is 12.0 Å². The Bertz CT molecular complexity index is 666. The molecular weight excluding hydrogens is 277 g/mol. The lowest BCUT2D eigenvalue weighted by atomic mass is 9.99. The second-order valence-corrected chi connectivity index (χ2v) is 5.74. The van der Waals surface area contributed by atoms with Crippen LogP contribution in [0.1, 0.15) is 41.6 Å². The Morgan fingerprint density at radius 2 is 1.91 bits per heavy atom. The van der Waals surface area contributed by atoms with Gasteiger partial charge in [-0.05, 0) is 49.9 Å². The predicted octanol–water partition coefficient (Wildman–Crippen LogP) is 4.25. The van der Waals surface area contributed by atoms with Gasteiger partial charge in [-0.25, -0.2) is 4.39 Å². The summed E-state index contributed by atoms with van der Waals surface area (Å²) < 4.78 is 13.5. The summed E-state index contributed by atoms with van der Waals surface area (Å²) in [6.07, 6.45) is 0.703. The molecule has 2 aromatic rings. The third-order valence-electron chi connectivity index (χ3n) is 3.86. The summed E-state index contributed by atoms with van der Waals surface area (Å²) in [6.45, 7) is 6.05. The minimum atomic E-state index is -0.252. The first-order valence-corrected chi connectivity index (χ1v) is 7.57. The van der Waals surface area contributed by atoms with Crippen LogP contribution in [0.25, 0.3) is 0 Å². The van der Waals surface area contributed by atoms with E-state index in [1.807, 2.05) is 20.8 Å². The van der Waals surface area contributed by atoms with E-state index in [-0.39, 0.29) is 24.2 Å². The van der Waals surface area contributed by atoms with E-state index in [2.05, 4.69) is 23.5 Å². The fraction of sp³-hybridized carbons (Fsp3) is 0.316. The fourth-order valence-corrected chi connectivity index (χ4v) is 2.57. The Kier molecular flexibility index (Phi) is 5.31. The highest BCUT2D eigenvalue weighted by molar-refractivity contribution is 5.76. The lowest BCUT2D eigenvalue weighted by Gasteiger charge is -2.17. The Labute approximate surface area is 131 Å². The Morgan fingerprint density at radius 1 is 1.18 bits per heavy atom. The molecule has 3 heteroatoms. The summed E-state index contributed by atoms with van der Waals surface area (Å²) in [6, 6.07) is 12.8. The van der Waals surface area contributed by atoms with Crippen molar-refractivity contribution >= 4 is 5.91 Å². The van der Waals surface area contributed by atoms with Gasteiger partial charge in [0, 0.05) is 6.42 Å². The van der Waals surface area contributed by atoms with Gasteiger partial charge in [-0.15, -0.1) is 0 Å². The van der Waals surface area contributed by atoms with E-state index in [1.54, 1.807) is 18.2 Å². The second-order valence-electron chi connectivity index (χ2n) is 5.74. The first-order valence-electron chi connectivity index (χ1n) is 7.57. The van der Waals surface area contributed by atoms with Gasteiger partial charge in [0.25, 0.3) is 0 Å². The molecule has 0 aliphatic heterocycles. The molecule has 0 spiro atoms. The molecule has 0 heterocycles. The van der Waals surface area contributed by atoms with Crippen LogP contribution in [0.2, 0.25) is 0 Å². The number of hydrogen-bond donors (Lipinski definition) is 1. The molecule has 0 fully saturated rings. The van der Waals surface area contributed by atoms with E-state index in [9.17, 15) is 9.18 Å². The number of halogens is 1. The van der Waals surface area contributed by atoms with Crippen molar-refractivity contribution < 1.29 is 9.18 Å². The maximum absolute atomic E-state index is 13.5. The average molecular weight is 299 g/mol. The highest BCUT2D eigenvalue weighted by Gasteiger charge is 2.12. The number of carbonyl (C=O) groups excluding carboxylic acids is 1. The number of benzene rings is 2. The number of hydrogen-bond acceptors (Lipinski definition) is 1. The molecule has 0 saturated carbocycles. The molecule has 2 aromatic carbocycles. The van der Waals surface area contributed by atoms with Gasteiger partial charge in [0.2, 0.25) is 5.91 Å². The molecule has 22 heavy (non-hydrogen) atoms. The van der Waals surface area contributed by atoms with Gasteiger partial charge in [-0.3, -0.25) is 4.79 Å². The summed E-state index contributed by atoms with van der Waals surface area (Å²) >= 11 is 0. The van der Waals surface area contributed by atoms with Gasteiger partial charge < -0.3 is 5.32 Å². The lowest BCUT2D eigenvalue weighted by Crippen LogP contribution is -2.27. The standard InChI is InChI=1S/C19H22FNO/c1-13-8-9-14(2)17(12-13)15(3)21-19(22)11-10-16-6-4-5-7-18(16)20/h4-9,12,15H,10-11H2,1-3H3,(H,21,22)/t15-/m1/s1. The molecule has 1 N–H and O–H groups in total. The lowest BCUT2D eigenvalue weighted by molar-refractivity contribution is -0.121. The predicted molar refractivity (Wildman–Crippen MR) is 87.2 cm³/mol. The third-order valence-corrected chi connectivity index (χ3v) is 3.86. The zero-order valence-corrected chi connectivity index (χ0v) is 13.3. The highest BCUT2D eigenvalue weighted by atomic mass is 19.1. The van der Waals surface area contributed by atoms with Gasteiger partial charge in [-0.2, -0.15) is 0 Å². The summed E-state index contributed by atoms with van der Waals surface area (Å²) in [7, 11) is 0. The van der Waals surface area contributed by atoms with Gasteiger partial charge in [0.05, 0.1) is 6.04 Å². The van der Waals surface area contributed by atoms with Crippen molar-refractivity contribution in [1.82, 2.24) is 5.32 Å². The molecule has 0 bridgehead atoms. The maximum atomic E-state index is 13.5. The van der Waals surface area contributed by atoms with Crippen LogP contribution >= 0.6 is 0 Å². The second kappa shape index (κ2) is 7.21. The van der Waals surface area contributed by atoms with Crippen LogP contribution in [-0.2, 0) is 11.2 Å². The zero-order chi connectivity index (χ0) is 16.1. The Hall–Kier alpha value is -2.16. The molecule has 0 saturated heterocycles. The van der Waals surface area contributed by atoms with Gasteiger partial charge in [-0.1, -0.05) is 42.0 Å². The van der Waals surface area contributed by atoms with Crippen LogP contribution in [-0.4, -0.2) is 5.91 Å². The normalized spacial score (nSPS) is 12.0. The van der Waals surface area contributed by atoms with Crippen LogP contribution in [0, 0.1) is 19.7 Å². The molecule has 116 valence electrons. The van der Waals surface area contributed by atoms with E-state index < -0.39 is 0 Å². The van der Waals surface area contributed by atoms with Crippen molar-refractivity contribution in [2.24, 2.45) is 0 Å². The molecule has 0 aromatic heterocycles. The van der Waals surface area contributed by atoms with Gasteiger partial charge >= 0.3 is 0 Å². The van der Waals surface area contributed by atoms with Crippen molar-refractivity contribution in [2.75, 3.05) is 0 Å². The number of carbonyl (C=O) groups is 1. The zero-order valence-electron chi connectivity index (χ0n) is 13.3. The van der Waals surface area contributed by atoms with E-state index in [0.717, 1.165) is 11.1 Å². The first-order chi connectivity index (χ1) is 10.5. The SMILES string of the molecule is Cc1ccc(C)c([C@@H](C)NC(=O)CCc2ccccc2F)c1. The molecule has 0 aliphatic carbocycles. The van der Waals surface area contributed by atoms with E-state index >= 15 is 0 Å².